The Morgan fingerprint density at radius 3 is 2.81 bits per heavy atom. The van der Waals surface area contributed by atoms with Gasteiger partial charge in [0.15, 0.2) is 10.9 Å². The van der Waals surface area contributed by atoms with E-state index < -0.39 is 0 Å². The Bertz CT molecular complexity index is 1050. The van der Waals surface area contributed by atoms with Crippen LogP contribution in [0.2, 0.25) is 5.02 Å². The van der Waals surface area contributed by atoms with Crippen molar-refractivity contribution in [2.24, 2.45) is 0 Å². The number of carbonyl (C=O) groups is 1. The van der Waals surface area contributed by atoms with Crippen molar-refractivity contribution < 1.29 is 4.79 Å². The minimum atomic E-state index is 0.0230. The number of rotatable bonds is 5. The second-order valence-electron chi connectivity index (χ2n) is 6.20. The van der Waals surface area contributed by atoms with Crippen LogP contribution in [0.25, 0.3) is 10.3 Å². The molecule has 4 nitrogen and oxygen atoms in total. The molecular weight excluding hydrogens is 388 g/mol. The van der Waals surface area contributed by atoms with Crippen LogP contribution >= 0.6 is 34.7 Å². The number of halogens is 1. The quantitative estimate of drug-likeness (QED) is 0.460. The van der Waals surface area contributed by atoms with E-state index in [1.54, 1.807) is 35.6 Å². The molecular formula is C19H17ClN2O2S2. The summed E-state index contributed by atoms with van der Waals surface area (Å²) in [6.45, 7) is 2.76. The van der Waals surface area contributed by atoms with Gasteiger partial charge >= 0.3 is 0 Å². The van der Waals surface area contributed by atoms with Gasteiger partial charge in [-0.25, -0.2) is 4.98 Å². The fraction of sp³-hybridized carbons (Fsp3) is 0.316. The standard InChI is InChI=1S/C19H17ClN2O2S2/c1-2-22-18-16(17(24)13-4-3-5-15(13)26-18)21-19(22)25-10-14(23)11-6-8-12(20)9-7-11/h6-9H,2-5,10H2,1H3. The van der Waals surface area contributed by atoms with Crippen LogP contribution in [0.15, 0.2) is 34.2 Å². The van der Waals surface area contributed by atoms with Gasteiger partial charge in [-0.15, -0.1) is 11.3 Å². The Balaban J connectivity index is 1.64. The largest absolute Gasteiger partial charge is 0.311 e. The summed E-state index contributed by atoms with van der Waals surface area (Å²) in [4.78, 5) is 31.9. The summed E-state index contributed by atoms with van der Waals surface area (Å²) < 4.78 is 2.06. The van der Waals surface area contributed by atoms with E-state index in [1.807, 2.05) is 6.92 Å². The fourth-order valence-corrected chi connectivity index (χ4v) is 5.74. The average molecular weight is 405 g/mol. The number of ketones is 1. The van der Waals surface area contributed by atoms with Crippen LogP contribution in [0.3, 0.4) is 0 Å². The molecule has 3 aromatic rings. The van der Waals surface area contributed by atoms with Crippen molar-refractivity contribution in [3.05, 3.63) is 55.5 Å². The first-order valence-corrected chi connectivity index (χ1v) is 10.7. The topological polar surface area (TPSA) is 52.0 Å². The van der Waals surface area contributed by atoms with Gasteiger partial charge in [-0.05, 0) is 50.5 Å². The normalized spacial score (nSPS) is 13.3. The number of thioether (sulfide) groups is 1. The molecule has 0 atom stereocenters. The lowest BCUT2D eigenvalue weighted by Crippen LogP contribution is -2.07. The van der Waals surface area contributed by atoms with Crippen LogP contribution in [-0.2, 0) is 19.4 Å². The minimum absolute atomic E-state index is 0.0230. The van der Waals surface area contributed by atoms with E-state index >= 15 is 0 Å². The lowest BCUT2D eigenvalue weighted by atomic mass is 10.1. The Labute approximate surface area is 164 Å². The summed E-state index contributed by atoms with van der Waals surface area (Å²) in [5.74, 6) is 0.304. The number of aromatic nitrogens is 2. The second kappa shape index (κ2) is 7.18. The van der Waals surface area contributed by atoms with Crippen molar-refractivity contribution in [1.82, 2.24) is 9.55 Å². The van der Waals surface area contributed by atoms with Gasteiger partial charge in [0.05, 0.1) is 5.75 Å². The van der Waals surface area contributed by atoms with E-state index in [4.69, 9.17) is 11.6 Å². The molecule has 1 aliphatic carbocycles. The van der Waals surface area contributed by atoms with Gasteiger partial charge in [0.1, 0.15) is 10.3 Å². The second-order valence-corrected chi connectivity index (χ2v) is 8.66. The molecule has 134 valence electrons. The van der Waals surface area contributed by atoms with Gasteiger partial charge in [0.2, 0.25) is 5.43 Å². The van der Waals surface area contributed by atoms with E-state index in [0.717, 1.165) is 41.4 Å². The van der Waals surface area contributed by atoms with Crippen molar-refractivity contribution in [3.8, 4) is 0 Å². The van der Waals surface area contributed by atoms with Crippen molar-refractivity contribution in [3.63, 3.8) is 0 Å². The molecule has 0 saturated heterocycles. The highest BCUT2D eigenvalue weighted by atomic mass is 35.5. The number of hydrogen-bond acceptors (Lipinski definition) is 5. The zero-order valence-corrected chi connectivity index (χ0v) is 16.6. The lowest BCUT2D eigenvalue weighted by molar-refractivity contribution is 0.102. The Hall–Kier alpha value is -1.63. The summed E-state index contributed by atoms with van der Waals surface area (Å²) in [5, 5.41) is 1.35. The van der Waals surface area contributed by atoms with E-state index in [2.05, 4.69) is 9.55 Å². The smallest absolute Gasteiger partial charge is 0.211 e. The van der Waals surface area contributed by atoms with Crippen molar-refractivity contribution in [1.29, 1.82) is 0 Å². The summed E-state index contributed by atoms with van der Waals surface area (Å²) in [6, 6.07) is 6.90. The molecule has 0 radical (unpaired) electrons. The maximum absolute atomic E-state index is 12.7. The van der Waals surface area contributed by atoms with E-state index in [1.165, 1.54) is 16.6 Å². The van der Waals surface area contributed by atoms with Crippen molar-refractivity contribution in [2.45, 2.75) is 37.9 Å². The molecule has 0 spiro atoms. The van der Waals surface area contributed by atoms with E-state index in [9.17, 15) is 9.59 Å². The number of carbonyl (C=O) groups excluding carboxylic acids is 1. The number of Topliss-reactive ketones (excluding diaryl/α,β-unsaturated/α-hetero) is 1. The highest BCUT2D eigenvalue weighted by Gasteiger charge is 2.22. The summed E-state index contributed by atoms with van der Waals surface area (Å²) in [7, 11) is 0. The number of aryl methyl sites for hydroxylation is 2. The maximum atomic E-state index is 12.7. The number of benzene rings is 1. The van der Waals surface area contributed by atoms with Crippen molar-refractivity contribution >= 4 is 50.8 Å². The van der Waals surface area contributed by atoms with Gasteiger partial charge in [0, 0.05) is 27.6 Å². The molecule has 2 aromatic heterocycles. The molecule has 0 unspecified atom stereocenters. The van der Waals surface area contributed by atoms with Crippen LogP contribution in [0, 0.1) is 0 Å². The van der Waals surface area contributed by atoms with Gasteiger partial charge < -0.3 is 4.57 Å². The van der Waals surface area contributed by atoms with Crippen molar-refractivity contribution in [2.75, 3.05) is 5.75 Å². The third-order valence-corrected chi connectivity index (χ3v) is 7.11. The molecule has 0 aliphatic heterocycles. The van der Waals surface area contributed by atoms with Crippen LogP contribution in [0.5, 0.6) is 0 Å². The monoisotopic (exact) mass is 404 g/mol. The molecule has 2 heterocycles. The molecule has 4 rings (SSSR count). The highest BCUT2D eigenvalue weighted by molar-refractivity contribution is 7.99. The molecule has 1 aromatic carbocycles. The molecule has 1 aliphatic rings. The van der Waals surface area contributed by atoms with Gasteiger partial charge in [0.25, 0.3) is 0 Å². The first kappa shape index (κ1) is 17.8. The molecule has 0 N–H and O–H groups in total. The maximum Gasteiger partial charge on any atom is 0.211 e. The Morgan fingerprint density at radius 1 is 1.31 bits per heavy atom. The Morgan fingerprint density at radius 2 is 2.08 bits per heavy atom. The number of hydrogen-bond donors (Lipinski definition) is 0. The average Bonchev–Trinajstić information content (AvgIpc) is 3.25. The van der Waals surface area contributed by atoms with Crippen LogP contribution in [0.1, 0.15) is 34.1 Å². The van der Waals surface area contributed by atoms with Crippen LogP contribution in [0.4, 0.5) is 0 Å². The molecule has 0 saturated carbocycles. The first-order chi connectivity index (χ1) is 12.6. The van der Waals surface area contributed by atoms with E-state index in [-0.39, 0.29) is 17.0 Å². The SMILES string of the molecule is CCn1c(SCC(=O)c2ccc(Cl)cc2)nc2c(=O)c3c(sc21)CCC3. The minimum Gasteiger partial charge on any atom is -0.311 e. The molecule has 26 heavy (non-hydrogen) atoms. The number of fused-ring (bicyclic) bond motifs is 2. The third kappa shape index (κ3) is 3.10. The fourth-order valence-electron chi connectivity index (χ4n) is 3.24. The number of nitrogens with zero attached hydrogens (tertiary/aromatic N) is 2. The van der Waals surface area contributed by atoms with Gasteiger partial charge in [-0.2, -0.15) is 0 Å². The molecule has 0 amide bonds. The Kier molecular flexibility index (Phi) is 4.90. The summed E-state index contributed by atoms with van der Waals surface area (Å²) in [6.07, 6.45) is 2.89. The zero-order chi connectivity index (χ0) is 18.3. The molecule has 0 bridgehead atoms. The highest BCUT2D eigenvalue weighted by Crippen LogP contribution is 2.32. The van der Waals surface area contributed by atoms with Gasteiger partial charge in [-0.1, -0.05) is 23.4 Å². The summed E-state index contributed by atoms with van der Waals surface area (Å²) in [5.41, 5.74) is 2.20. The van der Waals surface area contributed by atoms with Gasteiger partial charge in [-0.3, -0.25) is 9.59 Å². The lowest BCUT2D eigenvalue weighted by Gasteiger charge is -2.05. The molecule has 7 heteroatoms. The van der Waals surface area contributed by atoms with Crippen LogP contribution < -0.4 is 5.43 Å². The predicted molar refractivity (Wildman–Crippen MR) is 108 cm³/mol. The first-order valence-electron chi connectivity index (χ1n) is 8.55. The van der Waals surface area contributed by atoms with Crippen LogP contribution in [-0.4, -0.2) is 21.1 Å². The molecule has 0 fully saturated rings. The van der Waals surface area contributed by atoms with E-state index in [0.29, 0.717) is 16.1 Å². The zero-order valence-electron chi connectivity index (χ0n) is 14.3. The predicted octanol–water partition coefficient (Wildman–Crippen LogP) is 4.60. The number of imidazole rings is 1. The third-order valence-electron chi connectivity index (χ3n) is 4.58. The summed E-state index contributed by atoms with van der Waals surface area (Å²) >= 11 is 8.94.